The van der Waals surface area contributed by atoms with Crippen molar-refractivity contribution in [2.24, 2.45) is 0 Å². The molecule has 0 atom stereocenters. The Kier molecular flexibility index (Phi) is 5.16. The second-order valence-electron chi connectivity index (χ2n) is 6.68. The molecule has 3 rings (SSSR count). The van der Waals surface area contributed by atoms with Crippen LogP contribution >= 0.6 is 23.2 Å². The lowest BCUT2D eigenvalue weighted by atomic mass is 9.81. The molecule has 2 heterocycles. The van der Waals surface area contributed by atoms with Crippen molar-refractivity contribution in [1.29, 1.82) is 0 Å². The number of rotatable bonds is 2. The fourth-order valence-corrected chi connectivity index (χ4v) is 3.82. The van der Waals surface area contributed by atoms with Crippen LogP contribution in [-0.2, 0) is 4.74 Å². The Bertz CT molecular complexity index is 712. The van der Waals surface area contributed by atoms with Crippen LogP contribution in [0, 0.1) is 13.8 Å². The highest BCUT2D eigenvalue weighted by atomic mass is 35.5. The van der Waals surface area contributed by atoms with Gasteiger partial charge in [-0.05, 0) is 31.0 Å². The molecule has 0 radical (unpaired) electrons. The molecule has 7 heteroatoms. The second-order valence-corrected chi connectivity index (χ2v) is 7.44. The van der Waals surface area contributed by atoms with Crippen molar-refractivity contribution < 1.29 is 19.1 Å². The molecule has 1 aromatic carbocycles. The topological polar surface area (TPSA) is 55.8 Å². The van der Waals surface area contributed by atoms with Crippen molar-refractivity contribution in [3.63, 3.8) is 0 Å². The molecule has 1 spiro atoms. The van der Waals surface area contributed by atoms with Crippen LogP contribution in [0.3, 0.4) is 0 Å². The number of carbonyl (C=O) groups is 2. The van der Waals surface area contributed by atoms with Gasteiger partial charge in [0.2, 0.25) is 0 Å². The lowest BCUT2D eigenvalue weighted by Gasteiger charge is -2.44. The van der Waals surface area contributed by atoms with E-state index in [2.05, 4.69) is 0 Å². The van der Waals surface area contributed by atoms with E-state index < -0.39 is 5.60 Å². The number of piperidine rings is 1. The Morgan fingerprint density at radius 2 is 2.04 bits per heavy atom. The molecule has 0 unspecified atom stereocenters. The number of benzene rings is 1. The molecule has 5 nitrogen and oxygen atoms in total. The van der Waals surface area contributed by atoms with Crippen molar-refractivity contribution in [3.8, 4) is 5.75 Å². The Morgan fingerprint density at radius 3 is 2.68 bits per heavy atom. The van der Waals surface area contributed by atoms with Gasteiger partial charge in [0, 0.05) is 31.0 Å². The van der Waals surface area contributed by atoms with E-state index in [0.29, 0.717) is 48.7 Å². The van der Waals surface area contributed by atoms with Crippen LogP contribution in [0.25, 0.3) is 0 Å². The minimum absolute atomic E-state index is 0.0545. The molecule has 0 bridgehead atoms. The molecule has 1 aromatic rings. The van der Waals surface area contributed by atoms with Crippen molar-refractivity contribution >= 4 is 35.1 Å². The smallest absolute Gasteiger partial charge is 0.409 e. The highest BCUT2D eigenvalue weighted by molar-refractivity contribution is 6.32. The van der Waals surface area contributed by atoms with E-state index in [1.165, 1.54) is 0 Å². The van der Waals surface area contributed by atoms with Crippen LogP contribution in [0.5, 0.6) is 5.75 Å². The molecule has 136 valence electrons. The monoisotopic (exact) mass is 385 g/mol. The average Bonchev–Trinajstić information content (AvgIpc) is 2.57. The van der Waals surface area contributed by atoms with Crippen molar-refractivity contribution in [2.45, 2.75) is 38.7 Å². The fourth-order valence-electron chi connectivity index (χ4n) is 3.59. The van der Waals surface area contributed by atoms with E-state index in [4.69, 9.17) is 32.7 Å². The summed E-state index contributed by atoms with van der Waals surface area (Å²) in [6.07, 6.45) is 1.13. The molecule has 1 saturated heterocycles. The number of carbonyl (C=O) groups excluding carboxylic acids is 2. The number of alkyl halides is 1. The van der Waals surface area contributed by atoms with Crippen LogP contribution in [0.4, 0.5) is 4.79 Å². The SMILES string of the molecule is Cc1cc2c(c(C)c1Cl)C(=O)CC1(CCN(C(=O)OCCCl)CC1)O2. The van der Waals surface area contributed by atoms with Crippen LogP contribution in [0.15, 0.2) is 6.07 Å². The van der Waals surface area contributed by atoms with E-state index >= 15 is 0 Å². The Labute approximate surface area is 157 Å². The van der Waals surface area contributed by atoms with E-state index in [0.717, 1.165) is 11.1 Å². The highest BCUT2D eigenvalue weighted by Crippen LogP contribution is 2.43. The number of halogens is 2. The minimum atomic E-state index is -0.555. The van der Waals surface area contributed by atoms with Crippen molar-refractivity contribution in [2.75, 3.05) is 25.6 Å². The molecular weight excluding hydrogens is 365 g/mol. The number of fused-ring (bicyclic) bond motifs is 1. The summed E-state index contributed by atoms with van der Waals surface area (Å²) in [5.41, 5.74) is 1.70. The number of ether oxygens (including phenoxy) is 2. The lowest BCUT2D eigenvalue weighted by molar-refractivity contribution is -0.00863. The van der Waals surface area contributed by atoms with E-state index in [9.17, 15) is 9.59 Å². The zero-order valence-electron chi connectivity index (χ0n) is 14.4. The van der Waals surface area contributed by atoms with E-state index in [1.54, 1.807) is 4.90 Å². The lowest BCUT2D eigenvalue weighted by Crippen LogP contribution is -2.52. The molecule has 0 N–H and O–H groups in total. The zero-order valence-corrected chi connectivity index (χ0v) is 15.9. The van der Waals surface area contributed by atoms with E-state index in [-0.39, 0.29) is 24.4 Å². The van der Waals surface area contributed by atoms with Gasteiger partial charge in [-0.3, -0.25) is 4.79 Å². The molecule has 2 aliphatic rings. The van der Waals surface area contributed by atoms with Crippen molar-refractivity contribution in [1.82, 2.24) is 4.90 Å². The van der Waals surface area contributed by atoms with Gasteiger partial charge < -0.3 is 14.4 Å². The van der Waals surface area contributed by atoms with Gasteiger partial charge in [-0.15, -0.1) is 11.6 Å². The number of likely N-dealkylation sites (tertiary alicyclic amines) is 1. The summed E-state index contributed by atoms with van der Waals surface area (Å²) >= 11 is 11.8. The average molecular weight is 386 g/mol. The Morgan fingerprint density at radius 1 is 1.36 bits per heavy atom. The number of ketones is 1. The third kappa shape index (κ3) is 3.44. The molecular formula is C18H21Cl2NO4. The number of hydrogen-bond donors (Lipinski definition) is 0. The Hall–Kier alpha value is -1.46. The number of nitrogens with zero attached hydrogens (tertiary/aromatic N) is 1. The summed E-state index contributed by atoms with van der Waals surface area (Å²) in [6, 6.07) is 1.84. The number of hydrogen-bond acceptors (Lipinski definition) is 4. The molecule has 1 fully saturated rings. The quantitative estimate of drug-likeness (QED) is 0.718. The molecule has 25 heavy (non-hydrogen) atoms. The van der Waals surface area contributed by atoms with Gasteiger partial charge in [-0.2, -0.15) is 0 Å². The summed E-state index contributed by atoms with van der Waals surface area (Å²) in [4.78, 5) is 26.3. The maximum absolute atomic E-state index is 12.7. The number of amides is 1. The molecule has 1 amide bonds. The molecule has 0 aliphatic carbocycles. The number of aryl methyl sites for hydroxylation is 1. The first-order valence-electron chi connectivity index (χ1n) is 8.36. The third-order valence-electron chi connectivity index (χ3n) is 4.97. The Balaban J connectivity index is 1.76. The summed E-state index contributed by atoms with van der Waals surface area (Å²) in [5, 5.41) is 0.614. The van der Waals surface area contributed by atoms with E-state index in [1.807, 2.05) is 19.9 Å². The van der Waals surface area contributed by atoms with Crippen molar-refractivity contribution in [3.05, 3.63) is 27.8 Å². The standard InChI is InChI=1S/C18H21Cl2NO4/c1-11-9-14-15(12(2)16(11)20)13(22)10-18(25-14)3-6-21(7-4-18)17(23)24-8-5-19/h9H,3-8,10H2,1-2H3. The maximum Gasteiger partial charge on any atom is 0.409 e. The second kappa shape index (κ2) is 7.04. The van der Waals surface area contributed by atoms with Gasteiger partial charge in [0.15, 0.2) is 5.78 Å². The highest BCUT2D eigenvalue weighted by Gasteiger charge is 2.44. The summed E-state index contributed by atoms with van der Waals surface area (Å²) < 4.78 is 11.3. The predicted molar refractivity (Wildman–Crippen MR) is 96.1 cm³/mol. The summed E-state index contributed by atoms with van der Waals surface area (Å²) in [6.45, 7) is 4.94. The first-order valence-corrected chi connectivity index (χ1v) is 9.28. The minimum Gasteiger partial charge on any atom is -0.486 e. The van der Waals surface area contributed by atoms with Gasteiger partial charge in [-0.25, -0.2) is 4.79 Å². The summed E-state index contributed by atoms with van der Waals surface area (Å²) in [5.74, 6) is 0.937. The number of Topliss-reactive ketones (excluding diaryl/α,β-unsaturated/α-hetero) is 1. The third-order valence-corrected chi connectivity index (χ3v) is 5.70. The molecule has 0 saturated carbocycles. The van der Waals surface area contributed by atoms with Gasteiger partial charge in [0.05, 0.1) is 17.9 Å². The van der Waals surface area contributed by atoms with Gasteiger partial charge in [0.25, 0.3) is 0 Å². The van der Waals surface area contributed by atoms with Crippen LogP contribution < -0.4 is 4.74 Å². The van der Waals surface area contributed by atoms with Gasteiger partial charge >= 0.3 is 6.09 Å². The fraction of sp³-hybridized carbons (Fsp3) is 0.556. The zero-order chi connectivity index (χ0) is 18.2. The summed E-state index contributed by atoms with van der Waals surface area (Å²) in [7, 11) is 0. The van der Waals surface area contributed by atoms with Crippen LogP contribution in [0.2, 0.25) is 5.02 Å². The van der Waals surface area contributed by atoms with Crippen LogP contribution in [-0.4, -0.2) is 48.0 Å². The predicted octanol–water partition coefficient (Wildman–Crippen LogP) is 4.13. The molecule has 2 aliphatic heterocycles. The van der Waals surface area contributed by atoms with Gasteiger partial charge in [0.1, 0.15) is 18.0 Å². The first kappa shape index (κ1) is 18.3. The van der Waals surface area contributed by atoms with Gasteiger partial charge in [-0.1, -0.05) is 11.6 Å². The van der Waals surface area contributed by atoms with Crippen LogP contribution in [0.1, 0.15) is 40.7 Å². The normalized spacial score (nSPS) is 18.7. The first-order chi connectivity index (χ1) is 11.9. The molecule has 0 aromatic heterocycles. The maximum atomic E-state index is 12.7. The largest absolute Gasteiger partial charge is 0.486 e.